The predicted molar refractivity (Wildman–Crippen MR) is 88.0 cm³/mol. The van der Waals surface area contributed by atoms with Crippen molar-refractivity contribution in [3.05, 3.63) is 41.6 Å². The zero-order valence-electron chi connectivity index (χ0n) is 13.2. The summed E-state index contributed by atoms with van der Waals surface area (Å²) in [6.45, 7) is 5.69. The van der Waals surface area contributed by atoms with Gasteiger partial charge in [0.15, 0.2) is 5.82 Å². The molecule has 1 saturated heterocycles. The van der Waals surface area contributed by atoms with Gasteiger partial charge < -0.3 is 4.90 Å². The number of carbonyl (C=O) groups excluding carboxylic acids is 1. The number of aromatic nitrogens is 2. The third-order valence-corrected chi connectivity index (χ3v) is 4.08. The summed E-state index contributed by atoms with van der Waals surface area (Å²) in [7, 11) is 0. The molecule has 0 amide bonds. The lowest BCUT2D eigenvalue weighted by atomic mass is 10.1. The van der Waals surface area contributed by atoms with Crippen molar-refractivity contribution in [1.29, 1.82) is 0 Å². The standard InChI is InChI=1S/C18H21N3O/c1-3-15-12-17(21-10-8-16(22)9-11-21)20-18(19-15)14-6-4-13(2)5-7-14/h4-7,12H,3,8-11H2,1-2H3. The summed E-state index contributed by atoms with van der Waals surface area (Å²) < 4.78 is 0. The van der Waals surface area contributed by atoms with Crippen molar-refractivity contribution >= 4 is 11.6 Å². The summed E-state index contributed by atoms with van der Waals surface area (Å²) in [5, 5.41) is 0. The maximum Gasteiger partial charge on any atom is 0.161 e. The Hall–Kier alpha value is -2.23. The van der Waals surface area contributed by atoms with E-state index in [2.05, 4.69) is 48.0 Å². The Labute approximate surface area is 131 Å². The highest BCUT2D eigenvalue weighted by atomic mass is 16.1. The quantitative estimate of drug-likeness (QED) is 0.872. The molecule has 1 aliphatic rings. The Bertz CT molecular complexity index is 669. The van der Waals surface area contributed by atoms with E-state index in [9.17, 15) is 4.79 Å². The Morgan fingerprint density at radius 2 is 1.77 bits per heavy atom. The molecule has 4 heteroatoms. The Morgan fingerprint density at radius 1 is 1.09 bits per heavy atom. The molecule has 114 valence electrons. The molecule has 0 N–H and O–H groups in total. The first-order chi connectivity index (χ1) is 10.7. The number of carbonyl (C=O) groups is 1. The largest absolute Gasteiger partial charge is 0.356 e. The summed E-state index contributed by atoms with van der Waals surface area (Å²) in [6.07, 6.45) is 2.11. The molecule has 2 heterocycles. The molecular weight excluding hydrogens is 274 g/mol. The lowest BCUT2D eigenvalue weighted by Gasteiger charge is -2.27. The van der Waals surface area contributed by atoms with E-state index in [0.29, 0.717) is 18.6 Å². The number of ketones is 1. The van der Waals surface area contributed by atoms with Crippen LogP contribution in [0.15, 0.2) is 30.3 Å². The molecule has 0 spiro atoms. The van der Waals surface area contributed by atoms with Crippen LogP contribution < -0.4 is 4.90 Å². The van der Waals surface area contributed by atoms with Gasteiger partial charge in [-0.05, 0) is 13.3 Å². The number of rotatable bonds is 3. The van der Waals surface area contributed by atoms with Crippen molar-refractivity contribution in [3.8, 4) is 11.4 Å². The fourth-order valence-corrected chi connectivity index (χ4v) is 2.64. The first kappa shape index (κ1) is 14.7. The maximum atomic E-state index is 11.4. The minimum Gasteiger partial charge on any atom is -0.356 e. The number of piperidine rings is 1. The number of nitrogens with zero attached hydrogens (tertiary/aromatic N) is 3. The van der Waals surface area contributed by atoms with E-state index in [1.807, 2.05) is 6.07 Å². The van der Waals surface area contributed by atoms with Gasteiger partial charge >= 0.3 is 0 Å². The zero-order valence-corrected chi connectivity index (χ0v) is 13.2. The van der Waals surface area contributed by atoms with E-state index in [4.69, 9.17) is 4.98 Å². The van der Waals surface area contributed by atoms with Crippen LogP contribution in [0.1, 0.15) is 31.0 Å². The first-order valence-electron chi connectivity index (χ1n) is 7.87. The molecule has 4 nitrogen and oxygen atoms in total. The van der Waals surface area contributed by atoms with Gasteiger partial charge in [-0.15, -0.1) is 0 Å². The molecule has 0 unspecified atom stereocenters. The summed E-state index contributed by atoms with van der Waals surface area (Å²) >= 11 is 0. The summed E-state index contributed by atoms with van der Waals surface area (Å²) in [6, 6.07) is 10.3. The van der Waals surface area contributed by atoms with Gasteiger partial charge in [-0.2, -0.15) is 0 Å². The lowest BCUT2D eigenvalue weighted by molar-refractivity contribution is -0.119. The van der Waals surface area contributed by atoms with Gasteiger partial charge in [-0.25, -0.2) is 9.97 Å². The summed E-state index contributed by atoms with van der Waals surface area (Å²) in [4.78, 5) is 23.0. The van der Waals surface area contributed by atoms with Crippen LogP contribution in [0, 0.1) is 6.92 Å². The highest BCUT2D eigenvalue weighted by molar-refractivity contribution is 5.80. The van der Waals surface area contributed by atoms with Crippen LogP contribution in [0.3, 0.4) is 0 Å². The Morgan fingerprint density at radius 3 is 2.41 bits per heavy atom. The average Bonchev–Trinajstić information content (AvgIpc) is 2.55. The molecular formula is C18H21N3O. The third-order valence-electron chi connectivity index (χ3n) is 4.08. The number of hydrogen-bond donors (Lipinski definition) is 0. The lowest BCUT2D eigenvalue weighted by Crippen LogP contribution is -2.34. The van der Waals surface area contributed by atoms with Crippen LogP contribution in [0.5, 0.6) is 0 Å². The molecule has 0 bridgehead atoms. The second-order valence-electron chi connectivity index (χ2n) is 5.79. The van der Waals surface area contributed by atoms with Gasteiger partial charge in [-0.1, -0.05) is 36.8 Å². The first-order valence-corrected chi connectivity index (χ1v) is 7.87. The van der Waals surface area contributed by atoms with Crippen molar-refractivity contribution < 1.29 is 4.79 Å². The summed E-state index contributed by atoms with van der Waals surface area (Å²) in [5.41, 5.74) is 3.30. The molecule has 2 aromatic rings. The van der Waals surface area contributed by atoms with E-state index >= 15 is 0 Å². The number of Topliss-reactive ketones (excluding diaryl/α,β-unsaturated/α-hetero) is 1. The van der Waals surface area contributed by atoms with Gasteiger partial charge in [0.2, 0.25) is 0 Å². The normalized spacial score (nSPS) is 15.2. The molecule has 1 aromatic heterocycles. The topological polar surface area (TPSA) is 46.1 Å². The molecule has 3 rings (SSSR count). The smallest absolute Gasteiger partial charge is 0.161 e. The second-order valence-corrected chi connectivity index (χ2v) is 5.79. The van der Waals surface area contributed by atoms with Crippen molar-refractivity contribution in [2.45, 2.75) is 33.1 Å². The Balaban J connectivity index is 1.95. The van der Waals surface area contributed by atoms with Crippen LogP contribution in [-0.2, 0) is 11.2 Å². The van der Waals surface area contributed by atoms with Crippen LogP contribution in [0.25, 0.3) is 11.4 Å². The molecule has 0 atom stereocenters. The summed E-state index contributed by atoms with van der Waals surface area (Å²) in [5.74, 6) is 2.06. The van der Waals surface area contributed by atoms with E-state index in [1.54, 1.807) is 0 Å². The van der Waals surface area contributed by atoms with Crippen molar-refractivity contribution in [2.75, 3.05) is 18.0 Å². The van der Waals surface area contributed by atoms with E-state index in [0.717, 1.165) is 42.4 Å². The third kappa shape index (κ3) is 3.16. The van der Waals surface area contributed by atoms with Crippen molar-refractivity contribution in [2.24, 2.45) is 0 Å². The monoisotopic (exact) mass is 295 g/mol. The minimum atomic E-state index is 0.347. The van der Waals surface area contributed by atoms with Gasteiger partial charge in [-0.3, -0.25) is 4.79 Å². The van der Waals surface area contributed by atoms with Gasteiger partial charge in [0.25, 0.3) is 0 Å². The number of benzene rings is 1. The molecule has 0 aliphatic carbocycles. The zero-order chi connectivity index (χ0) is 15.5. The molecule has 1 aromatic carbocycles. The minimum absolute atomic E-state index is 0.347. The average molecular weight is 295 g/mol. The Kier molecular flexibility index (Phi) is 4.18. The SMILES string of the molecule is CCc1cc(N2CCC(=O)CC2)nc(-c2ccc(C)cc2)n1. The number of hydrogen-bond acceptors (Lipinski definition) is 4. The van der Waals surface area contributed by atoms with Crippen LogP contribution in [0.4, 0.5) is 5.82 Å². The van der Waals surface area contributed by atoms with Crippen molar-refractivity contribution in [3.63, 3.8) is 0 Å². The molecule has 22 heavy (non-hydrogen) atoms. The molecule has 0 radical (unpaired) electrons. The maximum absolute atomic E-state index is 11.4. The van der Waals surface area contributed by atoms with E-state index in [1.165, 1.54) is 5.56 Å². The second kappa shape index (κ2) is 6.26. The van der Waals surface area contributed by atoms with E-state index in [-0.39, 0.29) is 0 Å². The van der Waals surface area contributed by atoms with Crippen LogP contribution in [0.2, 0.25) is 0 Å². The van der Waals surface area contributed by atoms with Crippen LogP contribution in [-0.4, -0.2) is 28.8 Å². The van der Waals surface area contributed by atoms with E-state index < -0.39 is 0 Å². The fraction of sp³-hybridized carbons (Fsp3) is 0.389. The van der Waals surface area contributed by atoms with Gasteiger partial charge in [0.1, 0.15) is 11.6 Å². The molecule has 0 saturated carbocycles. The highest BCUT2D eigenvalue weighted by Crippen LogP contribution is 2.22. The fourth-order valence-electron chi connectivity index (χ4n) is 2.64. The van der Waals surface area contributed by atoms with Gasteiger partial charge in [0, 0.05) is 43.3 Å². The molecule has 1 fully saturated rings. The highest BCUT2D eigenvalue weighted by Gasteiger charge is 2.18. The van der Waals surface area contributed by atoms with Crippen LogP contribution >= 0.6 is 0 Å². The van der Waals surface area contributed by atoms with Gasteiger partial charge in [0.05, 0.1) is 0 Å². The molecule has 1 aliphatic heterocycles. The van der Waals surface area contributed by atoms with Crippen molar-refractivity contribution in [1.82, 2.24) is 9.97 Å². The number of anilines is 1. The number of aryl methyl sites for hydroxylation is 2. The predicted octanol–water partition coefficient (Wildman–Crippen LogP) is 3.18.